The molecule has 1 aromatic carbocycles. The molecule has 0 aliphatic heterocycles. The minimum Gasteiger partial charge on any atom is -0.424 e. The number of rotatable bonds is 7. The molecule has 0 spiro atoms. The van der Waals surface area contributed by atoms with E-state index in [1.807, 2.05) is 0 Å². The Balaban J connectivity index is 2.52. The molecule has 5 heteroatoms. The van der Waals surface area contributed by atoms with Crippen molar-refractivity contribution in [1.29, 1.82) is 5.26 Å². The Morgan fingerprint density at radius 2 is 1.80 bits per heavy atom. The summed E-state index contributed by atoms with van der Waals surface area (Å²) in [4.78, 5) is 11.8. The van der Waals surface area contributed by atoms with E-state index in [2.05, 4.69) is 58.2 Å². The number of benzene rings is 1. The Morgan fingerprint density at radius 3 is 2.35 bits per heavy atom. The smallest absolute Gasteiger partial charge is 0.311 e. The summed E-state index contributed by atoms with van der Waals surface area (Å²) < 4.78 is 7.01. The van der Waals surface area contributed by atoms with Crippen LogP contribution in [0, 0.1) is 18.5 Å². The topological polar surface area (TPSA) is 50.1 Å². The number of unbranched alkanes of at least 4 members (excludes halogenated alkanes) is 4. The molecule has 0 unspecified atom stereocenters. The quantitative estimate of drug-likeness (QED) is 0.230. The van der Waals surface area contributed by atoms with Crippen LogP contribution >= 0.6 is 45.2 Å². The van der Waals surface area contributed by atoms with Gasteiger partial charge in [-0.2, -0.15) is 5.26 Å². The number of hydrogen-bond acceptors (Lipinski definition) is 3. The van der Waals surface area contributed by atoms with E-state index in [1.165, 1.54) is 19.3 Å². The standard InChI is InChI=1S/C15H17I2NO2/c1-2-3-4-5-6-7-14(19)20-15-12(16)8-11(10-18)9-13(15)17/h8-9H,2-7H2,1H3. The highest BCUT2D eigenvalue weighted by molar-refractivity contribution is 14.1. The van der Waals surface area contributed by atoms with Crippen molar-refractivity contribution >= 4 is 51.2 Å². The van der Waals surface area contributed by atoms with Crippen molar-refractivity contribution in [3.05, 3.63) is 24.8 Å². The summed E-state index contributed by atoms with van der Waals surface area (Å²) in [6, 6.07) is 5.55. The summed E-state index contributed by atoms with van der Waals surface area (Å²) in [6.45, 7) is 2.17. The lowest BCUT2D eigenvalue weighted by Gasteiger charge is -2.09. The molecule has 108 valence electrons. The van der Waals surface area contributed by atoms with Crippen molar-refractivity contribution in [1.82, 2.24) is 0 Å². The van der Waals surface area contributed by atoms with Gasteiger partial charge in [0.15, 0.2) is 5.75 Å². The van der Waals surface area contributed by atoms with Gasteiger partial charge in [-0.25, -0.2) is 0 Å². The highest BCUT2D eigenvalue weighted by atomic mass is 127. The van der Waals surface area contributed by atoms with Crippen molar-refractivity contribution in [3.8, 4) is 11.8 Å². The second-order valence-electron chi connectivity index (χ2n) is 4.52. The van der Waals surface area contributed by atoms with Crippen LogP contribution < -0.4 is 4.74 Å². The first kappa shape index (κ1) is 17.7. The molecule has 0 aliphatic rings. The largest absolute Gasteiger partial charge is 0.424 e. The third-order valence-electron chi connectivity index (χ3n) is 2.83. The van der Waals surface area contributed by atoms with Gasteiger partial charge in [0.25, 0.3) is 0 Å². The van der Waals surface area contributed by atoms with Crippen LogP contribution in [0.15, 0.2) is 12.1 Å². The number of esters is 1. The summed E-state index contributed by atoms with van der Waals surface area (Å²) in [5, 5.41) is 8.88. The fourth-order valence-electron chi connectivity index (χ4n) is 1.76. The molecule has 1 aromatic rings. The van der Waals surface area contributed by atoms with Gasteiger partial charge < -0.3 is 4.74 Å². The first-order valence-corrected chi connectivity index (χ1v) is 8.84. The number of halogens is 2. The van der Waals surface area contributed by atoms with Gasteiger partial charge in [0.1, 0.15) is 0 Å². The normalized spacial score (nSPS) is 10.1. The van der Waals surface area contributed by atoms with E-state index in [4.69, 9.17) is 10.00 Å². The van der Waals surface area contributed by atoms with E-state index in [9.17, 15) is 4.79 Å². The lowest BCUT2D eigenvalue weighted by atomic mass is 10.1. The fourth-order valence-corrected chi connectivity index (χ4v) is 3.75. The third-order valence-corrected chi connectivity index (χ3v) is 4.43. The number of nitrogens with zero attached hydrogens (tertiary/aromatic N) is 1. The molecule has 0 saturated heterocycles. The highest BCUT2D eigenvalue weighted by Crippen LogP contribution is 2.29. The molecule has 0 saturated carbocycles. The van der Waals surface area contributed by atoms with Gasteiger partial charge >= 0.3 is 5.97 Å². The van der Waals surface area contributed by atoms with E-state index >= 15 is 0 Å². The van der Waals surface area contributed by atoms with Gasteiger partial charge in [0, 0.05) is 6.42 Å². The zero-order chi connectivity index (χ0) is 15.0. The minimum absolute atomic E-state index is 0.193. The average molecular weight is 497 g/mol. The van der Waals surface area contributed by atoms with Crippen molar-refractivity contribution in [2.24, 2.45) is 0 Å². The van der Waals surface area contributed by atoms with Crippen molar-refractivity contribution in [3.63, 3.8) is 0 Å². The summed E-state index contributed by atoms with van der Waals surface area (Å²) in [5.41, 5.74) is 0.582. The van der Waals surface area contributed by atoms with E-state index in [-0.39, 0.29) is 5.97 Å². The van der Waals surface area contributed by atoms with Crippen LogP contribution in [0.3, 0.4) is 0 Å². The molecular weight excluding hydrogens is 480 g/mol. The molecule has 20 heavy (non-hydrogen) atoms. The predicted octanol–water partition coefficient (Wildman–Crippen LogP) is 5.03. The maximum absolute atomic E-state index is 11.8. The lowest BCUT2D eigenvalue weighted by molar-refractivity contribution is -0.134. The molecule has 0 radical (unpaired) electrons. The highest BCUT2D eigenvalue weighted by Gasteiger charge is 2.13. The molecule has 0 aliphatic carbocycles. The number of carbonyl (C=O) groups excluding carboxylic acids is 1. The second kappa shape index (κ2) is 9.55. The first-order valence-electron chi connectivity index (χ1n) is 6.68. The fraction of sp³-hybridized carbons (Fsp3) is 0.467. The number of carbonyl (C=O) groups is 1. The van der Waals surface area contributed by atoms with E-state index < -0.39 is 0 Å². The zero-order valence-electron chi connectivity index (χ0n) is 11.4. The van der Waals surface area contributed by atoms with Crippen LogP contribution in [-0.2, 0) is 4.79 Å². The SMILES string of the molecule is CCCCCCCC(=O)Oc1c(I)cc(C#N)cc1I. The first-order chi connectivity index (χ1) is 9.58. The summed E-state index contributed by atoms with van der Waals surface area (Å²) in [7, 11) is 0. The van der Waals surface area contributed by atoms with E-state index in [0.29, 0.717) is 17.7 Å². The number of ether oxygens (including phenoxy) is 1. The molecule has 0 aromatic heterocycles. The summed E-state index contributed by atoms with van der Waals surface area (Å²) >= 11 is 4.18. The Morgan fingerprint density at radius 1 is 1.20 bits per heavy atom. The van der Waals surface area contributed by atoms with Gasteiger partial charge in [-0.15, -0.1) is 0 Å². The third kappa shape index (κ3) is 5.95. The number of hydrogen-bond donors (Lipinski definition) is 0. The molecule has 0 N–H and O–H groups in total. The Kier molecular flexibility index (Phi) is 8.45. The molecule has 3 nitrogen and oxygen atoms in total. The molecule has 0 atom stereocenters. The lowest BCUT2D eigenvalue weighted by Crippen LogP contribution is -2.09. The Bertz CT molecular complexity index is 486. The van der Waals surface area contributed by atoms with Gasteiger partial charge in [-0.3, -0.25) is 4.79 Å². The van der Waals surface area contributed by atoms with Crippen molar-refractivity contribution < 1.29 is 9.53 Å². The second-order valence-corrected chi connectivity index (χ2v) is 6.84. The molecular formula is C15H17I2NO2. The van der Waals surface area contributed by atoms with E-state index in [0.717, 1.165) is 20.0 Å². The maximum Gasteiger partial charge on any atom is 0.311 e. The van der Waals surface area contributed by atoms with Crippen LogP contribution in [0.2, 0.25) is 0 Å². The molecule has 0 amide bonds. The molecule has 0 fully saturated rings. The maximum atomic E-state index is 11.8. The Labute approximate surface area is 147 Å². The van der Waals surface area contributed by atoms with Gasteiger partial charge in [0.05, 0.1) is 18.8 Å². The summed E-state index contributed by atoms with van der Waals surface area (Å²) in [6.07, 6.45) is 6.00. The monoisotopic (exact) mass is 497 g/mol. The predicted molar refractivity (Wildman–Crippen MR) is 95.6 cm³/mol. The van der Waals surface area contributed by atoms with E-state index in [1.54, 1.807) is 12.1 Å². The molecule has 0 heterocycles. The average Bonchev–Trinajstić information content (AvgIpc) is 2.42. The van der Waals surface area contributed by atoms with Crippen LogP contribution in [-0.4, -0.2) is 5.97 Å². The Hall–Kier alpha value is -0.360. The van der Waals surface area contributed by atoms with Gasteiger partial charge in [-0.05, 0) is 63.7 Å². The zero-order valence-corrected chi connectivity index (χ0v) is 15.7. The molecule has 0 bridgehead atoms. The van der Waals surface area contributed by atoms with Crippen LogP contribution in [0.1, 0.15) is 51.0 Å². The number of nitriles is 1. The van der Waals surface area contributed by atoms with Crippen LogP contribution in [0.4, 0.5) is 0 Å². The van der Waals surface area contributed by atoms with Crippen molar-refractivity contribution in [2.75, 3.05) is 0 Å². The minimum atomic E-state index is -0.193. The van der Waals surface area contributed by atoms with Gasteiger partial charge in [-0.1, -0.05) is 32.6 Å². The van der Waals surface area contributed by atoms with Gasteiger partial charge in [0.2, 0.25) is 0 Å². The van der Waals surface area contributed by atoms with Crippen molar-refractivity contribution in [2.45, 2.75) is 45.4 Å². The van der Waals surface area contributed by atoms with Crippen LogP contribution in [0.5, 0.6) is 5.75 Å². The molecule has 1 rings (SSSR count). The van der Waals surface area contributed by atoms with Crippen LogP contribution in [0.25, 0.3) is 0 Å². The summed E-state index contributed by atoms with van der Waals surface area (Å²) in [5.74, 6) is 0.380.